The standard InChI is InChI=1S/C15H27N/c1-3-10-16-12-15(11-13(15)4-2)14-8-6-5-7-9-14/h8,13,16H,3-7,9-12H2,1-2H3. The summed E-state index contributed by atoms with van der Waals surface area (Å²) in [6.07, 6.45) is 12.2. The molecular formula is C15H27N. The van der Waals surface area contributed by atoms with E-state index in [1.165, 1.54) is 58.0 Å². The lowest BCUT2D eigenvalue weighted by molar-refractivity contribution is 0.445. The van der Waals surface area contributed by atoms with Crippen molar-refractivity contribution < 1.29 is 0 Å². The highest BCUT2D eigenvalue weighted by molar-refractivity contribution is 5.27. The van der Waals surface area contributed by atoms with Gasteiger partial charge in [-0.2, -0.15) is 0 Å². The Kier molecular flexibility index (Phi) is 4.07. The molecule has 2 aliphatic rings. The highest BCUT2D eigenvalue weighted by Gasteiger charge is 2.54. The largest absolute Gasteiger partial charge is 0.316 e. The van der Waals surface area contributed by atoms with Crippen LogP contribution in [0, 0.1) is 11.3 Å². The summed E-state index contributed by atoms with van der Waals surface area (Å²) in [5.74, 6) is 0.973. The van der Waals surface area contributed by atoms with Crippen molar-refractivity contribution in [2.45, 2.75) is 58.8 Å². The summed E-state index contributed by atoms with van der Waals surface area (Å²) in [5, 5.41) is 3.66. The fourth-order valence-corrected chi connectivity index (χ4v) is 3.42. The third-order valence-electron chi connectivity index (χ3n) is 4.52. The molecule has 1 N–H and O–H groups in total. The van der Waals surface area contributed by atoms with Crippen molar-refractivity contribution in [1.29, 1.82) is 0 Å². The summed E-state index contributed by atoms with van der Waals surface area (Å²) in [7, 11) is 0. The molecule has 2 rings (SSSR count). The van der Waals surface area contributed by atoms with Crippen LogP contribution in [0.5, 0.6) is 0 Å². The first-order valence-electron chi connectivity index (χ1n) is 7.23. The third kappa shape index (κ3) is 2.34. The van der Waals surface area contributed by atoms with Gasteiger partial charge in [-0.1, -0.05) is 31.9 Å². The lowest BCUT2D eigenvalue weighted by Gasteiger charge is -2.25. The molecule has 2 unspecified atom stereocenters. The Labute approximate surface area is 101 Å². The molecule has 1 saturated carbocycles. The van der Waals surface area contributed by atoms with E-state index in [2.05, 4.69) is 25.2 Å². The molecule has 0 aromatic rings. The minimum absolute atomic E-state index is 0.588. The Morgan fingerprint density at radius 3 is 2.81 bits per heavy atom. The van der Waals surface area contributed by atoms with Gasteiger partial charge in [-0.25, -0.2) is 0 Å². The van der Waals surface area contributed by atoms with Crippen molar-refractivity contribution in [1.82, 2.24) is 5.32 Å². The zero-order chi connectivity index (χ0) is 11.4. The Morgan fingerprint density at radius 1 is 1.38 bits per heavy atom. The second-order valence-corrected chi connectivity index (χ2v) is 5.62. The van der Waals surface area contributed by atoms with Crippen LogP contribution in [-0.4, -0.2) is 13.1 Å². The van der Waals surface area contributed by atoms with Crippen molar-refractivity contribution in [3.63, 3.8) is 0 Å². The zero-order valence-electron chi connectivity index (χ0n) is 11.0. The van der Waals surface area contributed by atoms with Gasteiger partial charge >= 0.3 is 0 Å². The van der Waals surface area contributed by atoms with Gasteiger partial charge in [-0.05, 0) is 51.0 Å². The van der Waals surface area contributed by atoms with Crippen molar-refractivity contribution in [2.75, 3.05) is 13.1 Å². The average molecular weight is 221 g/mol. The predicted octanol–water partition coefficient (Wildman–Crippen LogP) is 3.90. The molecule has 0 aromatic heterocycles. The van der Waals surface area contributed by atoms with E-state index in [4.69, 9.17) is 0 Å². The average Bonchev–Trinajstić information content (AvgIpc) is 3.06. The second-order valence-electron chi connectivity index (χ2n) is 5.62. The second kappa shape index (κ2) is 5.35. The van der Waals surface area contributed by atoms with Gasteiger partial charge in [0.1, 0.15) is 0 Å². The number of allylic oxidation sites excluding steroid dienone is 1. The quantitative estimate of drug-likeness (QED) is 0.530. The number of hydrogen-bond donors (Lipinski definition) is 1. The highest BCUT2D eigenvalue weighted by Crippen LogP contribution is 2.60. The van der Waals surface area contributed by atoms with Gasteiger partial charge in [0.25, 0.3) is 0 Å². The molecule has 0 radical (unpaired) electrons. The van der Waals surface area contributed by atoms with Gasteiger partial charge in [0.2, 0.25) is 0 Å². The molecule has 2 aliphatic carbocycles. The van der Waals surface area contributed by atoms with Crippen LogP contribution in [0.4, 0.5) is 0 Å². The van der Waals surface area contributed by atoms with Gasteiger partial charge in [-0.3, -0.25) is 0 Å². The maximum Gasteiger partial charge on any atom is 0.00680 e. The first-order valence-corrected chi connectivity index (χ1v) is 7.23. The van der Waals surface area contributed by atoms with Crippen LogP contribution in [0.1, 0.15) is 58.8 Å². The lowest BCUT2D eigenvalue weighted by Crippen LogP contribution is -2.28. The molecule has 0 aliphatic heterocycles. The number of nitrogens with one attached hydrogen (secondary N) is 1. The van der Waals surface area contributed by atoms with Crippen LogP contribution in [0.25, 0.3) is 0 Å². The third-order valence-corrected chi connectivity index (χ3v) is 4.52. The van der Waals surface area contributed by atoms with E-state index in [1.807, 2.05) is 0 Å². The molecule has 0 heterocycles. The normalized spacial score (nSPS) is 33.6. The molecule has 0 spiro atoms. The molecule has 1 fully saturated rings. The Morgan fingerprint density at radius 2 is 2.25 bits per heavy atom. The molecular weight excluding hydrogens is 194 g/mol. The summed E-state index contributed by atoms with van der Waals surface area (Å²) in [6.45, 7) is 7.04. The minimum Gasteiger partial charge on any atom is -0.316 e. The SMILES string of the molecule is CCCNCC1(C2=CCCCC2)CC1CC. The van der Waals surface area contributed by atoms with Crippen molar-refractivity contribution in [3.8, 4) is 0 Å². The topological polar surface area (TPSA) is 12.0 Å². The van der Waals surface area contributed by atoms with Crippen molar-refractivity contribution in [3.05, 3.63) is 11.6 Å². The molecule has 92 valence electrons. The van der Waals surface area contributed by atoms with E-state index in [1.54, 1.807) is 5.57 Å². The monoisotopic (exact) mass is 221 g/mol. The van der Waals surface area contributed by atoms with Crippen molar-refractivity contribution >= 4 is 0 Å². The summed E-state index contributed by atoms with van der Waals surface area (Å²) < 4.78 is 0. The fraction of sp³-hybridized carbons (Fsp3) is 0.867. The van der Waals surface area contributed by atoms with Gasteiger partial charge < -0.3 is 5.32 Å². The van der Waals surface area contributed by atoms with E-state index in [-0.39, 0.29) is 0 Å². The summed E-state index contributed by atoms with van der Waals surface area (Å²) in [5.41, 5.74) is 2.39. The van der Waals surface area contributed by atoms with Gasteiger partial charge in [0, 0.05) is 12.0 Å². The molecule has 2 atom stereocenters. The summed E-state index contributed by atoms with van der Waals surface area (Å²) >= 11 is 0. The van der Waals surface area contributed by atoms with Crippen molar-refractivity contribution in [2.24, 2.45) is 11.3 Å². The smallest absolute Gasteiger partial charge is 0.00680 e. The molecule has 0 aromatic carbocycles. The van der Waals surface area contributed by atoms with Crippen LogP contribution in [-0.2, 0) is 0 Å². The van der Waals surface area contributed by atoms with E-state index < -0.39 is 0 Å². The predicted molar refractivity (Wildman–Crippen MR) is 70.5 cm³/mol. The molecule has 1 nitrogen and oxygen atoms in total. The first kappa shape index (κ1) is 12.2. The minimum atomic E-state index is 0.588. The van der Waals surface area contributed by atoms with Gasteiger partial charge in [0.05, 0.1) is 0 Å². The fourth-order valence-electron chi connectivity index (χ4n) is 3.42. The van der Waals surface area contributed by atoms with E-state index >= 15 is 0 Å². The highest BCUT2D eigenvalue weighted by atomic mass is 14.9. The zero-order valence-corrected chi connectivity index (χ0v) is 11.0. The summed E-state index contributed by atoms with van der Waals surface area (Å²) in [6, 6.07) is 0. The Bertz CT molecular complexity index is 256. The van der Waals surface area contributed by atoms with Gasteiger partial charge in [0.15, 0.2) is 0 Å². The van der Waals surface area contributed by atoms with Gasteiger partial charge in [-0.15, -0.1) is 0 Å². The van der Waals surface area contributed by atoms with Crippen LogP contribution < -0.4 is 5.32 Å². The lowest BCUT2D eigenvalue weighted by atomic mass is 9.84. The van der Waals surface area contributed by atoms with Crippen LogP contribution in [0.15, 0.2) is 11.6 Å². The van der Waals surface area contributed by atoms with Crippen LogP contribution in [0.3, 0.4) is 0 Å². The van der Waals surface area contributed by atoms with E-state index in [0.29, 0.717) is 5.41 Å². The Hall–Kier alpha value is -0.300. The number of rotatable bonds is 6. The summed E-state index contributed by atoms with van der Waals surface area (Å²) in [4.78, 5) is 0. The van der Waals surface area contributed by atoms with E-state index in [9.17, 15) is 0 Å². The number of hydrogen-bond acceptors (Lipinski definition) is 1. The maximum absolute atomic E-state index is 3.66. The Balaban J connectivity index is 1.96. The first-order chi connectivity index (χ1) is 7.83. The molecule has 16 heavy (non-hydrogen) atoms. The molecule has 1 heteroatoms. The maximum atomic E-state index is 3.66. The van der Waals surface area contributed by atoms with Crippen LogP contribution in [0.2, 0.25) is 0 Å². The van der Waals surface area contributed by atoms with Crippen LogP contribution >= 0.6 is 0 Å². The molecule has 0 saturated heterocycles. The molecule has 0 amide bonds. The van der Waals surface area contributed by atoms with E-state index in [0.717, 1.165) is 5.92 Å². The molecule has 0 bridgehead atoms.